The average molecular weight is 413 g/mol. The smallest absolute Gasteiger partial charge is 0.263 e. The lowest BCUT2D eigenvalue weighted by Gasteiger charge is -2.12. The van der Waals surface area contributed by atoms with E-state index in [1.54, 1.807) is 33.7 Å². The van der Waals surface area contributed by atoms with Gasteiger partial charge in [0.1, 0.15) is 10.6 Å². The van der Waals surface area contributed by atoms with Gasteiger partial charge >= 0.3 is 0 Å². The molecule has 0 fully saturated rings. The van der Waals surface area contributed by atoms with Crippen LogP contribution in [0.15, 0.2) is 46.9 Å². The molecule has 0 unspecified atom stereocenters. The van der Waals surface area contributed by atoms with E-state index in [-0.39, 0.29) is 5.56 Å². The van der Waals surface area contributed by atoms with Crippen molar-refractivity contribution in [2.24, 2.45) is 0 Å². The molecule has 1 aliphatic rings. The number of ether oxygens (including phenoxy) is 1. The van der Waals surface area contributed by atoms with Crippen LogP contribution in [0.3, 0.4) is 0 Å². The van der Waals surface area contributed by atoms with Gasteiger partial charge in [0.2, 0.25) is 0 Å². The summed E-state index contributed by atoms with van der Waals surface area (Å²) in [6.07, 6.45) is 6.20. The zero-order chi connectivity index (χ0) is 19.5. The van der Waals surface area contributed by atoms with Gasteiger partial charge in [-0.2, -0.15) is 0 Å². The number of rotatable bonds is 7. The molecule has 0 saturated carbocycles. The molecule has 0 aliphatic heterocycles. The number of aryl methyl sites for hydroxylation is 3. The zero-order valence-corrected chi connectivity index (χ0v) is 17.7. The minimum Gasteiger partial charge on any atom is -0.493 e. The molecular weight excluding hydrogens is 388 g/mol. The molecule has 146 valence electrons. The Morgan fingerprint density at radius 2 is 2.21 bits per heavy atom. The number of aromatic nitrogens is 2. The van der Waals surface area contributed by atoms with E-state index < -0.39 is 0 Å². The van der Waals surface area contributed by atoms with Crippen molar-refractivity contribution in [2.45, 2.75) is 44.3 Å². The lowest BCUT2D eigenvalue weighted by Crippen LogP contribution is -2.23. The van der Waals surface area contributed by atoms with E-state index in [0.717, 1.165) is 46.1 Å². The van der Waals surface area contributed by atoms with Crippen molar-refractivity contribution in [3.8, 4) is 5.75 Å². The first-order valence-corrected chi connectivity index (χ1v) is 11.5. The number of hydrogen-bond acceptors (Lipinski definition) is 5. The van der Waals surface area contributed by atoms with E-state index in [2.05, 4.69) is 19.6 Å². The van der Waals surface area contributed by atoms with E-state index in [1.807, 2.05) is 18.2 Å². The molecule has 0 bridgehead atoms. The first kappa shape index (κ1) is 19.3. The van der Waals surface area contributed by atoms with Gasteiger partial charge in [0, 0.05) is 17.2 Å². The summed E-state index contributed by atoms with van der Waals surface area (Å²) in [5.74, 6) is 1.60. The van der Waals surface area contributed by atoms with Crippen molar-refractivity contribution in [1.82, 2.24) is 9.55 Å². The summed E-state index contributed by atoms with van der Waals surface area (Å²) in [6.45, 7) is 6.92. The quantitative estimate of drug-likeness (QED) is 0.237. The molecule has 2 aromatic heterocycles. The number of allylic oxidation sites excluding steroid dienone is 1. The van der Waals surface area contributed by atoms with Gasteiger partial charge in [-0.1, -0.05) is 30.0 Å². The predicted molar refractivity (Wildman–Crippen MR) is 118 cm³/mol. The Balaban J connectivity index is 1.56. The summed E-state index contributed by atoms with van der Waals surface area (Å²) >= 11 is 3.27. The second-order valence-electron chi connectivity index (χ2n) is 7.00. The molecule has 4 nitrogen and oxygen atoms in total. The molecule has 2 heterocycles. The molecule has 0 amide bonds. The van der Waals surface area contributed by atoms with Crippen LogP contribution in [0.4, 0.5) is 0 Å². The van der Waals surface area contributed by atoms with Crippen LogP contribution in [-0.2, 0) is 19.4 Å². The Kier molecular flexibility index (Phi) is 5.87. The molecule has 3 aromatic rings. The maximum absolute atomic E-state index is 13.2. The fourth-order valence-corrected chi connectivity index (χ4v) is 5.75. The summed E-state index contributed by atoms with van der Waals surface area (Å²) < 4.78 is 7.60. The first-order valence-electron chi connectivity index (χ1n) is 9.65. The third-order valence-corrected chi connectivity index (χ3v) is 7.05. The minimum atomic E-state index is 0.0754. The van der Waals surface area contributed by atoms with E-state index >= 15 is 0 Å². The van der Waals surface area contributed by atoms with Crippen LogP contribution in [0.2, 0.25) is 0 Å². The summed E-state index contributed by atoms with van der Waals surface area (Å²) in [7, 11) is 0. The zero-order valence-electron chi connectivity index (χ0n) is 16.1. The number of fused-ring (bicyclic) bond motifs is 3. The Morgan fingerprint density at radius 3 is 3.04 bits per heavy atom. The van der Waals surface area contributed by atoms with E-state index in [4.69, 9.17) is 9.72 Å². The second-order valence-corrected chi connectivity index (χ2v) is 9.15. The largest absolute Gasteiger partial charge is 0.493 e. The number of hydrogen-bond donors (Lipinski definition) is 0. The predicted octanol–water partition coefficient (Wildman–Crippen LogP) is 5.00. The molecule has 6 heteroatoms. The van der Waals surface area contributed by atoms with Gasteiger partial charge in [-0.25, -0.2) is 4.98 Å². The normalized spacial score (nSPS) is 13.5. The number of thioether (sulfide) groups is 1. The molecular formula is C22H24N2O2S2. The summed E-state index contributed by atoms with van der Waals surface area (Å²) in [6, 6.07) is 8.04. The molecule has 0 spiro atoms. The van der Waals surface area contributed by atoms with E-state index in [9.17, 15) is 4.79 Å². The fraction of sp³-hybridized carbons (Fsp3) is 0.364. The highest BCUT2D eigenvalue weighted by atomic mass is 32.2. The Morgan fingerprint density at radius 1 is 1.36 bits per heavy atom. The number of benzene rings is 1. The van der Waals surface area contributed by atoms with Gasteiger partial charge in [-0.15, -0.1) is 17.9 Å². The monoisotopic (exact) mass is 412 g/mol. The van der Waals surface area contributed by atoms with Gasteiger partial charge < -0.3 is 4.74 Å². The topological polar surface area (TPSA) is 44.1 Å². The highest BCUT2D eigenvalue weighted by Gasteiger charge is 2.21. The molecule has 0 N–H and O–H groups in total. The van der Waals surface area contributed by atoms with Crippen molar-refractivity contribution < 1.29 is 4.74 Å². The van der Waals surface area contributed by atoms with Crippen molar-refractivity contribution in [3.05, 3.63) is 63.3 Å². The van der Waals surface area contributed by atoms with Gasteiger partial charge in [0.15, 0.2) is 5.16 Å². The molecule has 1 aromatic carbocycles. The van der Waals surface area contributed by atoms with Crippen molar-refractivity contribution in [1.29, 1.82) is 0 Å². The number of thiophene rings is 1. The van der Waals surface area contributed by atoms with Crippen molar-refractivity contribution in [3.63, 3.8) is 0 Å². The SMILES string of the molecule is C=CCn1c(SCCOc2cccc(C)c2)nc2sc3c(c2c1=O)CCCC3. The fourth-order valence-electron chi connectivity index (χ4n) is 3.62. The molecule has 1 aliphatic carbocycles. The average Bonchev–Trinajstić information content (AvgIpc) is 3.06. The maximum atomic E-state index is 13.2. The lowest BCUT2D eigenvalue weighted by atomic mass is 9.97. The maximum Gasteiger partial charge on any atom is 0.263 e. The summed E-state index contributed by atoms with van der Waals surface area (Å²) in [5, 5.41) is 1.59. The van der Waals surface area contributed by atoms with Gasteiger partial charge in [0.05, 0.1) is 12.0 Å². The van der Waals surface area contributed by atoms with Crippen LogP contribution in [0, 0.1) is 6.92 Å². The van der Waals surface area contributed by atoms with Crippen LogP contribution in [0.1, 0.15) is 28.8 Å². The van der Waals surface area contributed by atoms with Crippen LogP contribution < -0.4 is 10.3 Å². The third kappa shape index (κ3) is 3.89. The molecule has 0 saturated heterocycles. The van der Waals surface area contributed by atoms with Crippen LogP contribution in [0.25, 0.3) is 10.2 Å². The second kappa shape index (κ2) is 8.53. The Bertz CT molecular complexity index is 1070. The molecule has 0 atom stereocenters. The van der Waals surface area contributed by atoms with Gasteiger partial charge in [-0.3, -0.25) is 9.36 Å². The molecule has 4 rings (SSSR count). The minimum absolute atomic E-state index is 0.0754. The first-order chi connectivity index (χ1) is 13.7. The summed E-state index contributed by atoms with van der Waals surface area (Å²) in [5.41, 5.74) is 2.49. The van der Waals surface area contributed by atoms with Gasteiger partial charge in [0.25, 0.3) is 5.56 Å². The van der Waals surface area contributed by atoms with Crippen LogP contribution in [-0.4, -0.2) is 21.9 Å². The molecule has 0 radical (unpaired) electrons. The van der Waals surface area contributed by atoms with Crippen molar-refractivity contribution in [2.75, 3.05) is 12.4 Å². The lowest BCUT2D eigenvalue weighted by molar-refractivity contribution is 0.343. The molecule has 28 heavy (non-hydrogen) atoms. The third-order valence-electron chi connectivity index (χ3n) is 4.92. The Hall–Kier alpha value is -2.05. The van der Waals surface area contributed by atoms with Crippen LogP contribution in [0.5, 0.6) is 5.75 Å². The van der Waals surface area contributed by atoms with Crippen LogP contribution >= 0.6 is 23.1 Å². The highest BCUT2D eigenvalue weighted by molar-refractivity contribution is 7.99. The standard InChI is InChI=1S/C22H24N2O2S2/c1-3-11-24-21(25)19-17-9-4-5-10-18(17)28-20(19)23-22(24)27-13-12-26-16-8-6-7-15(2)14-16/h3,6-8,14H,1,4-5,9-13H2,2H3. The summed E-state index contributed by atoms with van der Waals surface area (Å²) in [4.78, 5) is 20.3. The Labute approximate surface area is 173 Å². The van der Waals surface area contributed by atoms with E-state index in [1.165, 1.54) is 22.4 Å². The van der Waals surface area contributed by atoms with Gasteiger partial charge in [-0.05, 0) is 55.9 Å². The van der Waals surface area contributed by atoms with E-state index in [0.29, 0.717) is 13.2 Å². The highest BCUT2D eigenvalue weighted by Crippen LogP contribution is 2.34. The number of nitrogens with zero attached hydrogens (tertiary/aromatic N) is 2. The van der Waals surface area contributed by atoms with Crippen molar-refractivity contribution >= 4 is 33.3 Å².